The molecule has 0 saturated heterocycles. The quantitative estimate of drug-likeness (QED) is 0.348. The average Bonchev–Trinajstić information content (AvgIpc) is 2.78. The number of pyridine rings is 2. The molecule has 0 amide bonds. The van der Waals surface area contributed by atoms with Gasteiger partial charge in [0.1, 0.15) is 11.0 Å². The minimum atomic E-state index is -1.30. The average molecular weight is 451 g/mol. The molecule has 0 radical (unpaired) electrons. The summed E-state index contributed by atoms with van der Waals surface area (Å²) in [5.41, 5.74) is 11.6. The summed E-state index contributed by atoms with van der Waals surface area (Å²) in [5, 5.41) is 10.4. The highest BCUT2D eigenvalue weighted by atomic mass is 35.5. The maximum absolute atomic E-state index is 12.0. The van der Waals surface area contributed by atoms with E-state index in [-0.39, 0.29) is 12.6 Å². The third-order valence-corrected chi connectivity index (χ3v) is 4.95. The first-order valence-corrected chi connectivity index (χ1v) is 10.8. The van der Waals surface area contributed by atoms with Crippen LogP contribution in [0.3, 0.4) is 0 Å². The monoisotopic (exact) mass is 450 g/mol. The topological polar surface area (TPSA) is 140 Å². The molecule has 3 rings (SSSR count). The molecule has 1 unspecified atom stereocenters. The first kappa shape index (κ1) is 25.4. The van der Waals surface area contributed by atoms with Crippen molar-refractivity contribution < 1.29 is 9.32 Å². The number of nitrogens with zero attached hydrogens (tertiary/aromatic N) is 3. The molecule has 6 N–H and O–H groups in total. The zero-order chi connectivity index (χ0) is 22.5. The van der Waals surface area contributed by atoms with Gasteiger partial charge in [-0.25, -0.2) is 13.9 Å². The molecule has 3 aromatic rings. The first-order valence-electron chi connectivity index (χ1n) is 9.29. The van der Waals surface area contributed by atoms with Gasteiger partial charge in [-0.2, -0.15) is 4.99 Å². The van der Waals surface area contributed by atoms with Gasteiger partial charge in [-0.3, -0.25) is 4.98 Å². The van der Waals surface area contributed by atoms with E-state index in [9.17, 15) is 4.21 Å². The standard InChI is InChI=1S/C12H14ClN5OS.C6H7NO.C2H6/c1-2-17-20(19)7-3-4-8-9(5-7)11(18-12(14)15)16-6-10(8)13;8-5-6-2-1-3-7-4-6;1-2/h3-6,17H,2H2,1H3,(H4,14,15,16,18);1-4,8H,5H2;1-2H3. The van der Waals surface area contributed by atoms with E-state index in [2.05, 4.69) is 19.7 Å². The second-order valence-electron chi connectivity index (χ2n) is 5.46. The number of guanidine groups is 1. The highest BCUT2D eigenvalue weighted by Gasteiger charge is 2.10. The summed E-state index contributed by atoms with van der Waals surface area (Å²) in [6.07, 6.45) is 4.80. The fourth-order valence-corrected chi connectivity index (χ4v) is 3.27. The lowest BCUT2D eigenvalue weighted by Gasteiger charge is -2.07. The van der Waals surface area contributed by atoms with Crippen molar-refractivity contribution in [2.75, 3.05) is 6.54 Å². The van der Waals surface area contributed by atoms with Gasteiger partial charge >= 0.3 is 0 Å². The maximum atomic E-state index is 12.0. The number of nitrogens with two attached hydrogens (primary N) is 2. The van der Waals surface area contributed by atoms with Crippen LogP contribution in [0.4, 0.5) is 5.82 Å². The molecule has 0 fully saturated rings. The van der Waals surface area contributed by atoms with Crippen LogP contribution in [-0.2, 0) is 17.6 Å². The summed E-state index contributed by atoms with van der Waals surface area (Å²) >= 11 is 6.09. The molecule has 10 heteroatoms. The molecule has 30 heavy (non-hydrogen) atoms. The predicted octanol–water partition coefficient (Wildman–Crippen LogP) is 3.03. The Bertz CT molecular complexity index is 982. The van der Waals surface area contributed by atoms with E-state index in [4.69, 9.17) is 28.2 Å². The van der Waals surface area contributed by atoms with E-state index in [1.54, 1.807) is 36.7 Å². The second-order valence-corrected chi connectivity index (χ2v) is 7.16. The van der Waals surface area contributed by atoms with Gasteiger partial charge in [0.2, 0.25) is 0 Å². The zero-order valence-corrected chi connectivity index (χ0v) is 18.7. The van der Waals surface area contributed by atoms with Crippen molar-refractivity contribution in [2.24, 2.45) is 16.5 Å². The number of hydrogen-bond donors (Lipinski definition) is 4. The number of aliphatic imine (C=N–C) groups is 1. The second kappa shape index (κ2) is 13.6. The molecule has 0 spiro atoms. The van der Waals surface area contributed by atoms with Crippen molar-refractivity contribution in [1.82, 2.24) is 14.7 Å². The van der Waals surface area contributed by atoms with Crippen molar-refractivity contribution in [1.29, 1.82) is 0 Å². The predicted molar refractivity (Wildman–Crippen MR) is 124 cm³/mol. The van der Waals surface area contributed by atoms with Crippen LogP contribution in [-0.4, -0.2) is 31.8 Å². The molecular weight excluding hydrogens is 424 g/mol. The molecule has 2 heterocycles. The summed E-state index contributed by atoms with van der Waals surface area (Å²) in [7, 11) is -1.30. The first-order chi connectivity index (χ1) is 14.5. The number of fused-ring (bicyclic) bond motifs is 1. The summed E-state index contributed by atoms with van der Waals surface area (Å²) in [5.74, 6) is 0.249. The Morgan fingerprint density at radius 1 is 1.23 bits per heavy atom. The van der Waals surface area contributed by atoms with Crippen molar-refractivity contribution in [3.63, 3.8) is 0 Å². The number of rotatable bonds is 5. The number of hydrogen-bond acceptors (Lipinski definition) is 5. The highest BCUT2D eigenvalue weighted by Crippen LogP contribution is 2.30. The zero-order valence-electron chi connectivity index (χ0n) is 17.2. The van der Waals surface area contributed by atoms with Gasteiger partial charge in [0.05, 0.1) is 16.5 Å². The summed E-state index contributed by atoms with van der Waals surface area (Å²) in [6.45, 7) is 6.55. The SMILES string of the molecule is CC.CCNS(=O)c1ccc2c(Cl)cnc(N=C(N)N)c2c1.OCc1cccnc1. The Kier molecular flexibility index (Phi) is 11.5. The van der Waals surface area contributed by atoms with Gasteiger partial charge in [-0.05, 0) is 23.8 Å². The van der Waals surface area contributed by atoms with Gasteiger partial charge in [-0.15, -0.1) is 0 Å². The Hall–Kier alpha value is -2.59. The number of benzene rings is 1. The molecule has 0 aliphatic rings. The summed E-state index contributed by atoms with van der Waals surface area (Å²) < 4.78 is 14.8. The van der Waals surface area contributed by atoms with E-state index in [1.807, 2.05) is 26.8 Å². The molecule has 1 atom stereocenters. The Balaban J connectivity index is 0.000000375. The molecule has 8 nitrogen and oxygen atoms in total. The fourth-order valence-electron chi connectivity index (χ4n) is 2.21. The van der Waals surface area contributed by atoms with E-state index in [0.717, 1.165) is 10.9 Å². The maximum Gasteiger partial charge on any atom is 0.192 e. The van der Waals surface area contributed by atoms with Crippen molar-refractivity contribution in [2.45, 2.75) is 32.3 Å². The van der Waals surface area contributed by atoms with Crippen LogP contribution >= 0.6 is 11.6 Å². The van der Waals surface area contributed by atoms with Crippen molar-refractivity contribution >= 4 is 45.1 Å². The van der Waals surface area contributed by atoms with Crippen LogP contribution in [0.25, 0.3) is 10.8 Å². The van der Waals surface area contributed by atoms with Crippen LogP contribution in [0.5, 0.6) is 0 Å². The number of nitrogens with one attached hydrogen (secondary N) is 1. The molecule has 0 saturated carbocycles. The van der Waals surface area contributed by atoms with E-state index in [1.165, 1.54) is 6.20 Å². The highest BCUT2D eigenvalue weighted by molar-refractivity contribution is 7.83. The molecule has 1 aromatic carbocycles. The number of halogens is 1. The molecule has 2 aromatic heterocycles. The third-order valence-electron chi connectivity index (χ3n) is 3.42. The van der Waals surface area contributed by atoms with Crippen LogP contribution in [0.15, 0.2) is 58.8 Å². The van der Waals surface area contributed by atoms with Crippen LogP contribution in [0.2, 0.25) is 5.02 Å². The summed E-state index contributed by atoms with van der Waals surface area (Å²) in [4.78, 5) is 12.5. The third kappa shape index (κ3) is 7.68. The van der Waals surface area contributed by atoms with Gasteiger partial charge in [0, 0.05) is 35.9 Å². The van der Waals surface area contributed by atoms with Gasteiger partial charge in [0.25, 0.3) is 0 Å². The lowest BCUT2D eigenvalue weighted by Crippen LogP contribution is -2.22. The number of aliphatic hydroxyl groups excluding tert-OH is 1. The summed E-state index contributed by atoms with van der Waals surface area (Å²) in [6, 6.07) is 8.86. The van der Waals surface area contributed by atoms with Gasteiger partial charge in [0.15, 0.2) is 11.8 Å². The van der Waals surface area contributed by atoms with Crippen molar-refractivity contribution in [3.05, 3.63) is 59.5 Å². The largest absolute Gasteiger partial charge is 0.392 e. The Labute approximate surface area is 184 Å². The normalized spacial score (nSPS) is 10.8. The Morgan fingerprint density at radius 2 is 1.97 bits per heavy atom. The molecule has 0 aliphatic carbocycles. The number of aliphatic hydroxyl groups is 1. The Morgan fingerprint density at radius 3 is 2.50 bits per heavy atom. The van der Waals surface area contributed by atoms with Crippen LogP contribution in [0, 0.1) is 0 Å². The van der Waals surface area contributed by atoms with Gasteiger partial charge < -0.3 is 16.6 Å². The van der Waals surface area contributed by atoms with Gasteiger partial charge in [-0.1, -0.05) is 44.5 Å². The lowest BCUT2D eigenvalue weighted by molar-refractivity contribution is 0.281. The van der Waals surface area contributed by atoms with Crippen LogP contribution in [0.1, 0.15) is 26.3 Å². The fraction of sp³-hybridized carbons (Fsp3) is 0.250. The minimum absolute atomic E-state index is 0.0772. The van der Waals surface area contributed by atoms with Crippen LogP contribution < -0.4 is 16.2 Å². The minimum Gasteiger partial charge on any atom is -0.392 e. The molecular formula is C20H27ClN6O2S. The van der Waals surface area contributed by atoms with E-state index >= 15 is 0 Å². The van der Waals surface area contributed by atoms with E-state index in [0.29, 0.717) is 27.7 Å². The van der Waals surface area contributed by atoms with E-state index < -0.39 is 11.0 Å². The molecule has 0 aliphatic heterocycles. The molecule has 0 bridgehead atoms. The smallest absolute Gasteiger partial charge is 0.192 e. The van der Waals surface area contributed by atoms with Crippen molar-refractivity contribution in [3.8, 4) is 0 Å². The lowest BCUT2D eigenvalue weighted by atomic mass is 10.1. The number of aromatic nitrogens is 2. The molecule has 162 valence electrons.